The SMILES string of the molecule is N=c1sccn1C1CCCC1=O. The number of nitrogens with one attached hydrogen (secondary N) is 1. The van der Waals surface area contributed by atoms with Crippen LogP contribution in [0.5, 0.6) is 0 Å². The summed E-state index contributed by atoms with van der Waals surface area (Å²) < 4.78 is 1.78. The number of ketones is 1. The minimum absolute atomic E-state index is 0.0382. The minimum atomic E-state index is -0.0382. The molecule has 12 heavy (non-hydrogen) atoms. The van der Waals surface area contributed by atoms with Crippen LogP contribution in [0, 0.1) is 5.41 Å². The van der Waals surface area contributed by atoms with Crippen molar-refractivity contribution in [2.45, 2.75) is 25.3 Å². The Balaban J connectivity index is 2.36. The van der Waals surface area contributed by atoms with Crippen molar-refractivity contribution in [2.24, 2.45) is 0 Å². The summed E-state index contributed by atoms with van der Waals surface area (Å²) in [5, 5.41) is 9.39. The highest BCUT2D eigenvalue weighted by Gasteiger charge is 2.25. The van der Waals surface area contributed by atoms with Crippen LogP contribution in [0.2, 0.25) is 0 Å². The van der Waals surface area contributed by atoms with E-state index < -0.39 is 0 Å². The van der Waals surface area contributed by atoms with Gasteiger partial charge in [-0.2, -0.15) is 0 Å². The number of aromatic nitrogens is 1. The van der Waals surface area contributed by atoms with Gasteiger partial charge in [-0.15, -0.1) is 11.3 Å². The quantitative estimate of drug-likeness (QED) is 0.699. The lowest BCUT2D eigenvalue weighted by molar-refractivity contribution is -0.120. The van der Waals surface area contributed by atoms with Crippen LogP contribution in [-0.2, 0) is 4.79 Å². The Morgan fingerprint density at radius 3 is 3.00 bits per heavy atom. The molecule has 1 aromatic heterocycles. The number of carbonyl (C=O) groups is 1. The molecule has 1 atom stereocenters. The smallest absolute Gasteiger partial charge is 0.182 e. The molecule has 1 aliphatic carbocycles. The number of Topliss-reactive ketones (excluding diaryl/α,β-unsaturated/α-hetero) is 1. The molecule has 64 valence electrons. The minimum Gasteiger partial charge on any atom is -0.314 e. The highest BCUT2D eigenvalue weighted by molar-refractivity contribution is 7.06. The molecule has 3 nitrogen and oxygen atoms in total. The molecular formula is C8H10N2OS. The van der Waals surface area contributed by atoms with Crippen LogP contribution in [0.1, 0.15) is 25.3 Å². The third-order valence-electron chi connectivity index (χ3n) is 2.24. The fraction of sp³-hybridized carbons (Fsp3) is 0.500. The third-order valence-corrected chi connectivity index (χ3v) is 2.94. The fourth-order valence-electron chi connectivity index (χ4n) is 1.63. The Labute approximate surface area is 74.2 Å². The van der Waals surface area contributed by atoms with E-state index in [0.29, 0.717) is 11.2 Å². The van der Waals surface area contributed by atoms with E-state index in [0.717, 1.165) is 12.8 Å². The highest BCUT2D eigenvalue weighted by Crippen LogP contribution is 2.24. The van der Waals surface area contributed by atoms with Gasteiger partial charge < -0.3 is 4.57 Å². The van der Waals surface area contributed by atoms with Crippen molar-refractivity contribution in [3.8, 4) is 0 Å². The van der Waals surface area contributed by atoms with E-state index in [2.05, 4.69) is 0 Å². The number of hydrogen-bond acceptors (Lipinski definition) is 3. The van der Waals surface area contributed by atoms with Crippen molar-refractivity contribution in [1.29, 1.82) is 5.41 Å². The van der Waals surface area contributed by atoms with E-state index in [1.807, 2.05) is 11.6 Å². The maximum absolute atomic E-state index is 11.3. The molecule has 0 bridgehead atoms. The first kappa shape index (κ1) is 7.73. The van der Waals surface area contributed by atoms with Crippen molar-refractivity contribution in [3.05, 3.63) is 16.4 Å². The molecule has 1 unspecified atom stereocenters. The topological polar surface area (TPSA) is 45.9 Å². The van der Waals surface area contributed by atoms with Crippen molar-refractivity contribution in [2.75, 3.05) is 0 Å². The lowest BCUT2D eigenvalue weighted by atomic mass is 10.2. The summed E-state index contributed by atoms with van der Waals surface area (Å²) in [5.74, 6) is 0.284. The van der Waals surface area contributed by atoms with Crippen LogP contribution in [0.25, 0.3) is 0 Å². The lowest BCUT2D eigenvalue weighted by Crippen LogP contribution is -2.21. The molecule has 0 aromatic carbocycles. The molecule has 0 saturated heterocycles. The summed E-state index contributed by atoms with van der Waals surface area (Å²) in [5.41, 5.74) is 0. The largest absolute Gasteiger partial charge is 0.314 e. The Bertz CT molecular complexity index is 352. The van der Waals surface area contributed by atoms with Gasteiger partial charge in [-0.05, 0) is 12.8 Å². The summed E-state index contributed by atoms with van der Waals surface area (Å²) in [6.45, 7) is 0. The van der Waals surface area contributed by atoms with Gasteiger partial charge in [0.1, 0.15) is 0 Å². The van der Waals surface area contributed by atoms with Crippen LogP contribution in [0.15, 0.2) is 11.6 Å². The Kier molecular flexibility index (Phi) is 1.84. The molecule has 0 spiro atoms. The molecular weight excluding hydrogens is 172 g/mol. The Hall–Kier alpha value is -0.900. The van der Waals surface area contributed by atoms with Gasteiger partial charge in [0.2, 0.25) is 0 Å². The molecule has 4 heteroatoms. The molecule has 2 rings (SSSR count). The average molecular weight is 182 g/mol. The molecule has 1 fully saturated rings. The maximum atomic E-state index is 11.3. The number of hydrogen-bond donors (Lipinski definition) is 1. The summed E-state index contributed by atoms with van der Waals surface area (Å²) in [6, 6.07) is -0.0382. The van der Waals surface area contributed by atoms with Crippen molar-refractivity contribution in [1.82, 2.24) is 4.57 Å². The molecule has 1 saturated carbocycles. The standard InChI is InChI=1S/C8H10N2OS/c9-8-10(4-5-12-8)6-2-1-3-7(6)11/h4-6,9H,1-3H2. The van der Waals surface area contributed by atoms with E-state index in [4.69, 9.17) is 5.41 Å². The van der Waals surface area contributed by atoms with Crippen LogP contribution in [0.3, 0.4) is 0 Å². The van der Waals surface area contributed by atoms with Crippen LogP contribution in [-0.4, -0.2) is 10.4 Å². The molecule has 0 radical (unpaired) electrons. The maximum Gasteiger partial charge on any atom is 0.182 e. The second-order valence-electron chi connectivity index (χ2n) is 2.99. The molecule has 0 aliphatic heterocycles. The van der Waals surface area contributed by atoms with Gasteiger partial charge >= 0.3 is 0 Å². The van der Waals surface area contributed by atoms with Crippen LogP contribution in [0.4, 0.5) is 0 Å². The first-order valence-electron chi connectivity index (χ1n) is 4.02. The predicted molar refractivity (Wildman–Crippen MR) is 46.1 cm³/mol. The number of thiazole rings is 1. The van der Waals surface area contributed by atoms with Gasteiger partial charge in [0.05, 0.1) is 6.04 Å². The van der Waals surface area contributed by atoms with Gasteiger partial charge in [0.25, 0.3) is 0 Å². The molecule has 1 aromatic rings. The van der Waals surface area contributed by atoms with Crippen molar-refractivity contribution >= 4 is 17.1 Å². The van der Waals surface area contributed by atoms with E-state index in [1.54, 1.807) is 4.57 Å². The molecule has 1 heterocycles. The van der Waals surface area contributed by atoms with Gasteiger partial charge in [-0.1, -0.05) is 0 Å². The number of nitrogens with zero attached hydrogens (tertiary/aromatic N) is 1. The lowest BCUT2D eigenvalue weighted by Gasteiger charge is -2.08. The second-order valence-corrected chi connectivity index (χ2v) is 3.88. The van der Waals surface area contributed by atoms with Crippen LogP contribution < -0.4 is 4.80 Å². The highest BCUT2D eigenvalue weighted by atomic mass is 32.1. The summed E-state index contributed by atoms with van der Waals surface area (Å²) in [6.07, 6.45) is 4.41. The normalized spacial score (nSPS) is 23.3. The van der Waals surface area contributed by atoms with E-state index in [-0.39, 0.29) is 11.8 Å². The first-order chi connectivity index (χ1) is 5.79. The van der Waals surface area contributed by atoms with Gasteiger partial charge in [-0.25, -0.2) is 0 Å². The van der Waals surface area contributed by atoms with Crippen LogP contribution >= 0.6 is 11.3 Å². The summed E-state index contributed by atoms with van der Waals surface area (Å²) >= 11 is 1.37. The summed E-state index contributed by atoms with van der Waals surface area (Å²) in [4.78, 5) is 11.8. The van der Waals surface area contributed by atoms with E-state index >= 15 is 0 Å². The Morgan fingerprint density at radius 2 is 2.50 bits per heavy atom. The molecule has 0 amide bonds. The Morgan fingerprint density at radius 1 is 1.67 bits per heavy atom. The van der Waals surface area contributed by atoms with Gasteiger partial charge in [-0.3, -0.25) is 10.2 Å². The summed E-state index contributed by atoms with van der Waals surface area (Å²) in [7, 11) is 0. The zero-order valence-corrected chi connectivity index (χ0v) is 7.43. The fourth-order valence-corrected chi connectivity index (χ4v) is 2.26. The van der Waals surface area contributed by atoms with E-state index in [1.165, 1.54) is 11.3 Å². The zero-order valence-electron chi connectivity index (χ0n) is 6.62. The average Bonchev–Trinajstić information content (AvgIpc) is 2.59. The van der Waals surface area contributed by atoms with Gasteiger partial charge in [0.15, 0.2) is 10.6 Å². The first-order valence-corrected chi connectivity index (χ1v) is 4.90. The predicted octanol–water partition coefficient (Wildman–Crippen LogP) is 1.32. The van der Waals surface area contributed by atoms with Crippen molar-refractivity contribution < 1.29 is 4.79 Å². The number of carbonyl (C=O) groups excluding carboxylic acids is 1. The molecule has 1 aliphatic rings. The van der Waals surface area contributed by atoms with Crippen molar-refractivity contribution in [3.63, 3.8) is 0 Å². The van der Waals surface area contributed by atoms with E-state index in [9.17, 15) is 4.79 Å². The van der Waals surface area contributed by atoms with Gasteiger partial charge in [0, 0.05) is 18.0 Å². The zero-order chi connectivity index (χ0) is 8.55. The number of rotatable bonds is 1. The monoisotopic (exact) mass is 182 g/mol. The molecule has 1 N–H and O–H groups in total. The second kappa shape index (κ2) is 2.86. The third kappa shape index (κ3) is 1.12.